The Hall–Kier alpha value is -4.11. The van der Waals surface area contributed by atoms with Crippen LogP contribution in [0.15, 0.2) is 109 Å². The molecular formula is C29H20O3. The molecule has 0 saturated heterocycles. The van der Waals surface area contributed by atoms with Gasteiger partial charge in [0.25, 0.3) is 0 Å². The van der Waals surface area contributed by atoms with Crippen molar-refractivity contribution in [3.63, 3.8) is 0 Å². The fourth-order valence-corrected chi connectivity index (χ4v) is 4.43. The molecular weight excluding hydrogens is 396 g/mol. The van der Waals surface area contributed by atoms with E-state index >= 15 is 0 Å². The molecule has 0 heterocycles. The first-order valence-electron chi connectivity index (χ1n) is 10.6. The zero-order chi connectivity index (χ0) is 22.1. The van der Waals surface area contributed by atoms with E-state index < -0.39 is 23.4 Å². The van der Waals surface area contributed by atoms with Gasteiger partial charge < -0.3 is 0 Å². The molecule has 0 amide bonds. The van der Waals surface area contributed by atoms with Gasteiger partial charge in [-0.25, -0.2) is 0 Å². The Morgan fingerprint density at radius 3 is 1.53 bits per heavy atom. The molecule has 154 valence electrons. The van der Waals surface area contributed by atoms with E-state index in [9.17, 15) is 14.4 Å². The number of carbonyl (C=O) groups excluding carboxylic acids is 3. The van der Waals surface area contributed by atoms with Crippen LogP contribution >= 0.6 is 0 Å². The van der Waals surface area contributed by atoms with Crippen LogP contribution in [-0.4, -0.2) is 17.3 Å². The van der Waals surface area contributed by atoms with Crippen molar-refractivity contribution in [3.8, 4) is 11.1 Å². The summed E-state index contributed by atoms with van der Waals surface area (Å²) in [5.41, 5.74) is 4.32. The highest BCUT2D eigenvalue weighted by Crippen LogP contribution is 2.35. The van der Waals surface area contributed by atoms with Crippen LogP contribution in [-0.2, 0) is 4.79 Å². The zero-order valence-corrected chi connectivity index (χ0v) is 17.3. The average Bonchev–Trinajstić information content (AvgIpc) is 3.11. The van der Waals surface area contributed by atoms with E-state index in [1.807, 2.05) is 84.9 Å². The third kappa shape index (κ3) is 3.38. The maximum Gasteiger partial charge on any atom is 0.181 e. The Morgan fingerprint density at radius 1 is 0.531 bits per heavy atom. The van der Waals surface area contributed by atoms with Gasteiger partial charge in [-0.3, -0.25) is 14.4 Å². The van der Waals surface area contributed by atoms with Crippen molar-refractivity contribution in [2.75, 3.05) is 0 Å². The lowest BCUT2D eigenvalue weighted by atomic mass is 9.80. The van der Waals surface area contributed by atoms with E-state index in [-0.39, 0.29) is 5.78 Å². The first kappa shape index (κ1) is 19.8. The smallest absolute Gasteiger partial charge is 0.181 e. The number of hydrogen-bond acceptors (Lipinski definition) is 3. The predicted octanol–water partition coefficient (Wildman–Crippen LogP) is 5.75. The molecule has 1 aliphatic carbocycles. The topological polar surface area (TPSA) is 51.2 Å². The predicted molar refractivity (Wildman–Crippen MR) is 124 cm³/mol. The fraction of sp³-hybridized carbons (Fsp3) is 0.0690. The lowest BCUT2D eigenvalue weighted by Gasteiger charge is -2.20. The number of Topliss-reactive ketones (excluding diaryl/α,β-unsaturated/α-hetero) is 3. The Kier molecular flexibility index (Phi) is 5.08. The summed E-state index contributed by atoms with van der Waals surface area (Å²) in [6, 6.07) is 33.8. The number of benzene rings is 4. The molecule has 0 radical (unpaired) electrons. The molecule has 0 spiro atoms. The molecule has 1 atom stereocenters. The van der Waals surface area contributed by atoms with Gasteiger partial charge in [0.15, 0.2) is 17.3 Å². The summed E-state index contributed by atoms with van der Waals surface area (Å²) < 4.78 is 0. The van der Waals surface area contributed by atoms with Crippen LogP contribution in [0.4, 0.5) is 0 Å². The molecule has 32 heavy (non-hydrogen) atoms. The highest BCUT2D eigenvalue weighted by Gasteiger charge is 2.45. The quantitative estimate of drug-likeness (QED) is 0.389. The van der Waals surface area contributed by atoms with E-state index in [0.29, 0.717) is 11.1 Å². The summed E-state index contributed by atoms with van der Waals surface area (Å²) in [5.74, 6) is -3.19. The summed E-state index contributed by atoms with van der Waals surface area (Å²) >= 11 is 0. The lowest BCUT2D eigenvalue weighted by molar-refractivity contribution is -0.120. The normalized spacial score (nSPS) is 14.2. The molecule has 1 unspecified atom stereocenters. The maximum absolute atomic E-state index is 13.7. The van der Waals surface area contributed by atoms with Crippen molar-refractivity contribution in [1.82, 2.24) is 0 Å². The molecule has 3 heteroatoms. The Morgan fingerprint density at radius 2 is 0.969 bits per heavy atom. The van der Waals surface area contributed by atoms with Crippen LogP contribution in [0.25, 0.3) is 11.1 Å². The van der Waals surface area contributed by atoms with Crippen molar-refractivity contribution in [2.45, 2.75) is 5.92 Å². The van der Waals surface area contributed by atoms with Crippen LogP contribution in [0.5, 0.6) is 0 Å². The van der Waals surface area contributed by atoms with Gasteiger partial charge in [-0.05, 0) is 22.3 Å². The van der Waals surface area contributed by atoms with E-state index in [2.05, 4.69) is 0 Å². The standard InChI is InChI=1S/C29H20O3/c30-27-23-13-7-8-14-24(23)28(31)26(27)29(32)25(21-11-5-2-6-12-21)22-17-15-20(16-18-22)19-9-3-1-4-10-19/h1-18,25-26H. The molecule has 0 aromatic heterocycles. The first-order valence-corrected chi connectivity index (χ1v) is 10.6. The Balaban J connectivity index is 1.55. The maximum atomic E-state index is 13.7. The summed E-state index contributed by atoms with van der Waals surface area (Å²) in [6.45, 7) is 0. The largest absolute Gasteiger partial charge is 0.297 e. The second-order valence-corrected chi connectivity index (χ2v) is 7.94. The highest BCUT2D eigenvalue weighted by atomic mass is 16.2. The number of carbonyl (C=O) groups is 3. The summed E-state index contributed by atoms with van der Waals surface area (Å²) in [6.07, 6.45) is 0. The lowest BCUT2D eigenvalue weighted by Crippen LogP contribution is -2.31. The van der Waals surface area contributed by atoms with Crippen LogP contribution in [0.2, 0.25) is 0 Å². The van der Waals surface area contributed by atoms with E-state index in [1.54, 1.807) is 24.3 Å². The minimum absolute atomic E-state index is 0.335. The fourth-order valence-electron chi connectivity index (χ4n) is 4.43. The zero-order valence-electron chi connectivity index (χ0n) is 17.3. The molecule has 0 N–H and O–H groups in total. The third-order valence-corrected chi connectivity index (χ3v) is 6.04. The van der Waals surface area contributed by atoms with Gasteiger partial charge in [0.1, 0.15) is 5.92 Å². The molecule has 0 fully saturated rings. The SMILES string of the molecule is O=C1c2ccccc2C(=O)C1C(=O)C(c1ccccc1)c1ccc(-c2ccccc2)cc1. The van der Waals surface area contributed by atoms with E-state index in [4.69, 9.17) is 0 Å². The molecule has 5 rings (SSSR count). The molecule has 1 aliphatic rings. The molecule has 0 bridgehead atoms. The van der Waals surface area contributed by atoms with Crippen LogP contribution in [0.3, 0.4) is 0 Å². The van der Waals surface area contributed by atoms with Gasteiger partial charge in [0.2, 0.25) is 0 Å². The van der Waals surface area contributed by atoms with Crippen molar-refractivity contribution in [3.05, 3.63) is 131 Å². The summed E-state index contributed by atoms with van der Waals surface area (Å²) in [7, 11) is 0. The summed E-state index contributed by atoms with van der Waals surface area (Å²) in [5, 5.41) is 0. The molecule has 0 saturated carbocycles. The summed E-state index contributed by atoms with van der Waals surface area (Å²) in [4.78, 5) is 39.8. The van der Waals surface area contributed by atoms with Crippen LogP contribution in [0.1, 0.15) is 37.8 Å². The van der Waals surface area contributed by atoms with Gasteiger partial charge in [-0.15, -0.1) is 0 Å². The minimum atomic E-state index is -1.30. The van der Waals surface area contributed by atoms with E-state index in [0.717, 1.165) is 22.3 Å². The Bertz CT molecular complexity index is 1270. The molecule has 4 aromatic carbocycles. The highest BCUT2D eigenvalue weighted by molar-refractivity contribution is 6.36. The second kappa shape index (κ2) is 8.20. The van der Waals surface area contributed by atoms with Crippen LogP contribution < -0.4 is 0 Å². The first-order chi connectivity index (χ1) is 15.6. The monoisotopic (exact) mass is 416 g/mol. The third-order valence-electron chi connectivity index (χ3n) is 6.04. The van der Waals surface area contributed by atoms with Gasteiger partial charge >= 0.3 is 0 Å². The number of rotatable bonds is 5. The van der Waals surface area contributed by atoms with Gasteiger partial charge in [-0.1, -0.05) is 109 Å². The second-order valence-electron chi connectivity index (χ2n) is 7.94. The van der Waals surface area contributed by atoms with E-state index in [1.165, 1.54) is 0 Å². The molecule has 0 aliphatic heterocycles. The van der Waals surface area contributed by atoms with Crippen molar-refractivity contribution in [2.24, 2.45) is 5.92 Å². The van der Waals surface area contributed by atoms with Crippen molar-refractivity contribution < 1.29 is 14.4 Å². The average molecular weight is 416 g/mol. The number of fused-ring (bicyclic) bond motifs is 1. The minimum Gasteiger partial charge on any atom is -0.297 e. The van der Waals surface area contributed by atoms with Crippen LogP contribution in [0, 0.1) is 5.92 Å². The van der Waals surface area contributed by atoms with Gasteiger partial charge in [0, 0.05) is 11.1 Å². The van der Waals surface area contributed by atoms with Crippen molar-refractivity contribution in [1.29, 1.82) is 0 Å². The van der Waals surface area contributed by atoms with Gasteiger partial charge in [-0.2, -0.15) is 0 Å². The van der Waals surface area contributed by atoms with Crippen molar-refractivity contribution >= 4 is 17.3 Å². The molecule has 4 aromatic rings. The molecule has 3 nitrogen and oxygen atoms in total. The number of hydrogen-bond donors (Lipinski definition) is 0. The number of ketones is 3. The Labute approximate surface area is 186 Å². The van der Waals surface area contributed by atoms with Gasteiger partial charge in [0.05, 0.1) is 5.92 Å².